The molecule has 0 bridgehead atoms. The number of benzene rings is 1. The van der Waals surface area contributed by atoms with Gasteiger partial charge in [-0.3, -0.25) is 14.8 Å². The van der Waals surface area contributed by atoms with Crippen LogP contribution >= 0.6 is 0 Å². The molecule has 20 heavy (non-hydrogen) atoms. The predicted molar refractivity (Wildman–Crippen MR) is 72.8 cm³/mol. The number of carboxylic acid groups (broad SMARTS) is 1. The van der Waals surface area contributed by atoms with Crippen LogP contribution < -0.4 is 10.9 Å². The molecule has 0 aromatic heterocycles. The van der Waals surface area contributed by atoms with Gasteiger partial charge in [-0.05, 0) is 31.9 Å². The third kappa shape index (κ3) is 5.66. The maximum Gasteiger partial charge on any atom is 0.322 e. The maximum atomic E-state index is 10.5. The molecule has 0 amide bonds. The molecule has 1 aromatic carbocycles. The normalized spacial score (nSPS) is 18.8. The smallest absolute Gasteiger partial charge is 0.322 e. The number of carbonyl (C=O) groups is 1. The zero-order valence-electron chi connectivity index (χ0n) is 11.0. The average Bonchev–Trinajstić information content (AvgIpc) is 2.40. The summed E-state index contributed by atoms with van der Waals surface area (Å²) in [5.74, 6) is -0.776. The molecule has 1 unspecified atom stereocenters. The number of hydrogen-bond acceptors (Lipinski definition) is 5. The van der Waals surface area contributed by atoms with E-state index in [4.69, 9.17) is 9.66 Å². The second kappa shape index (κ2) is 7.34. The Morgan fingerprint density at radius 3 is 2.25 bits per heavy atom. The molecule has 1 aliphatic heterocycles. The SMILES string of the molecule is Cc1ccc(S(=O)(=O)O)cc1.O=C(O)C1CCCNN1. The summed E-state index contributed by atoms with van der Waals surface area (Å²) in [6.07, 6.45) is 1.66. The summed E-state index contributed by atoms with van der Waals surface area (Å²) in [6.45, 7) is 2.71. The van der Waals surface area contributed by atoms with E-state index in [-0.39, 0.29) is 4.90 Å². The molecule has 1 heterocycles. The fourth-order valence-corrected chi connectivity index (χ4v) is 2.04. The molecule has 1 aliphatic rings. The van der Waals surface area contributed by atoms with Gasteiger partial charge in [-0.2, -0.15) is 8.42 Å². The zero-order valence-corrected chi connectivity index (χ0v) is 11.9. The summed E-state index contributed by atoms with van der Waals surface area (Å²) in [4.78, 5) is 10.2. The van der Waals surface area contributed by atoms with Crippen molar-refractivity contribution in [1.29, 1.82) is 0 Å². The molecular weight excluding hydrogens is 284 g/mol. The van der Waals surface area contributed by atoms with Gasteiger partial charge in [-0.15, -0.1) is 0 Å². The van der Waals surface area contributed by atoms with Crippen molar-refractivity contribution in [3.63, 3.8) is 0 Å². The van der Waals surface area contributed by atoms with Gasteiger partial charge in [0.25, 0.3) is 10.1 Å². The van der Waals surface area contributed by atoms with Gasteiger partial charge in [-0.25, -0.2) is 5.43 Å². The predicted octanol–water partition coefficient (Wildman–Crippen LogP) is 0.569. The molecule has 4 N–H and O–H groups in total. The van der Waals surface area contributed by atoms with Crippen molar-refractivity contribution < 1.29 is 22.9 Å². The van der Waals surface area contributed by atoms with Crippen LogP contribution in [0.1, 0.15) is 18.4 Å². The highest BCUT2D eigenvalue weighted by Crippen LogP contribution is 2.08. The standard InChI is InChI=1S/C7H8O3S.C5H10N2O2/c1-6-2-4-7(5-3-6)11(8,9)10;8-5(9)4-2-1-3-6-7-4/h2-5H,1H3,(H,8,9,10);4,6-7H,1-3H2,(H,8,9). The van der Waals surface area contributed by atoms with E-state index in [1.165, 1.54) is 12.1 Å². The molecule has 0 saturated carbocycles. The number of aliphatic carboxylic acids is 1. The molecule has 1 aromatic rings. The van der Waals surface area contributed by atoms with Gasteiger partial charge in [0.1, 0.15) is 6.04 Å². The van der Waals surface area contributed by atoms with Crippen LogP contribution in [0.4, 0.5) is 0 Å². The van der Waals surface area contributed by atoms with Crippen molar-refractivity contribution in [3.05, 3.63) is 29.8 Å². The third-order valence-corrected chi connectivity index (χ3v) is 3.56. The van der Waals surface area contributed by atoms with Crippen molar-refractivity contribution in [3.8, 4) is 0 Å². The van der Waals surface area contributed by atoms with Crippen molar-refractivity contribution in [2.45, 2.75) is 30.7 Å². The Balaban J connectivity index is 0.000000204. The monoisotopic (exact) mass is 302 g/mol. The second-order valence-electron chi connectivity index (χ2n) is 4.39. The highest BCUT2D eigenvalue weighted by atomic mass is 32.2. The van der Waals surface area contributed by atoms with Crippen LogP contribution in [0.15, 0.2) is 29.2 Å². The lowest BCUT2D eigenvalue weighted by molar-refractivity contribution is -0.140. The Bertz CT molecular complexity index is 535. The summed E-state index contributed by atoms with van der Waals surface area (Å²) in [6, 6.07) is 5.60. The topological polar surface area (TPSA) is 116 Å². The number of nitrogens with one attached hydrogen (secondary N) is 2. The molecule has 0 aliphatic carbocycles. The van der Waals surface area contributed by atoms with E-state index in [9.17, 15) is 13.2 Å². The Hall–Kier alpha value is -1.48. The maximum absolute atomic E-state index is 10.5. The highest BCUT2D eigenvalue weighted by molar-refractivity contribution is 7.85. The van der Waals surface area contributed by atoms with Crippen molar-refractivity contribution in [1.82, 2.24) is 10.9 Å². The zero-order chi connectivity index (χ0) is 15.2. The van der Waals surface area contributed by atoms with E-state index >= 15 is 0 Å². The third-order valence-electron chi connectivity index (χ3n) is 2.69. The molecule has 0 radical (unpaired) electrons. The minimum atomic E-state index is -4.02. The van der Waals surface area contributed by atoms with E-state index in [1.54, 1.807) is 12.1 Å². The molecule has 112 valence electrons. The van der Waals surface area contributed by atoms with E-state index in [0.29, 0.717) is 0 Å². The van der Waals surface area contributed by atoms with E-state index in [0.717, 1.165) is 24.9 Å². The first-order chi connectivity index (χ1) is 9.30. The molecule has 7 nitrogen and oxygen atoms in total. The molecule has 2 rings (SSSR count). The lowest BCUT2D eigenvalue weighted by Crippen LogP contribution is -2.49. The van der Waals surface area contributed by atoms with E-state index in [2.05, 4.69) is 10.9 Å². The lowest BCUT2D eigenvalue weighted by Gasteiger charge is -2.19. The first kappa shape index (κ1) is 16.6. The fourth-order valence-electron chi connectivity index (χ4n) is 1.56. The number of hydrazine groups is 1. The summed E-state index contributed by atoms with van der Waals surface area (Å²) < 4.78 is 29.6. The molecule has 1 atom stereocenters. The minimum Gasteiger partial charge on any atom is -0.480 e. The number of rotatable bonds is 2. The Morgan fingerprint density at radius 1 is 1.30 bits per heavy atom. The minimum absolute atomic E-state index is 0.0666. The van der Waals surface area contributed by atoms with Gasteiger partial charge >= 0.3 is 5.97 Å². The van der Waals surface area contributed by atoms with Crippen molar-refractivity contribution in [2.24, 2.45) is 0 Å². The molecule has 8 heteroatoms. The van der Waals surface area contributed by atoms with Gasteiger partial charge in [0, 0.05) is 6.54 Å². The second-order valence-corrected chi connectivity index (χ2v) is 5.81. The Morgan fingerprint density at radius 2 is 1.90 bits per heavy atom. The van der Waals surface area contributed by atoms with Gasteiger partial charge in [0.05, 0.1) is 4.90 Å². The van der Waals surface area contributed by atoms with Crippen LogP contribution in [-0.2, 0) is 14.9 Å². The largest absolute Gasteiger partial charge is 0.480 e. The summed E-state index contributed by atoms with van der Waals surface area (Å²) >= 11 is 0. The van der Waals surface area contributed by atoms with Gasteiger partial charge in [0.2, 0.25) is 0 Å². The number of carboxylic acids is 1. The van der Waals surface area contributed by atoms with Gasteiger partial charge in [0.15, 0.2) is 0 Å². The number of hydrogen-bond donors (Lipinski definition) is 4. The Kier molecular flexibility index (Phi) is 6.08. The molecule has 1 saturated heterocycles. The summed E-state index contributed by atoms with van der Waals surface area (Å²) in [5, 5.41) is 8.44. The average molecular weight is 302 g/mol. The summed E-state index contributed by atoms with van der Waals surface area (Å²) in [5.41, 5.74) is 6.41. The molecule has 0 spiro atoms. The van der Waals surface area contributed by atoms with Crippen LogP contribution in [0.5, 0.6) is 0 Å². The fraction of sp³-hybridized carbons (Fsp3) is 0.417. The van der Waals surface area contributed by atoms with Crippen LogP contribution in [-0.4, -0.2) is 36.6 Å². The van der Waals surface area contributed by atoms with Crippen LogP contribution in [0, 0.1) is 6.92 Å². The quantitative estimate of drug-likeness (QED) is 0.590. The lowest BCUT2D eigenvalue weighted by atomic mass is 10.1. The van der Waals surface area contributed by atoms with Crippen LogP contribution in [0.25, 0.3) is 0 Å². The van der Waals surface area contributed by atoms with Gasteiger partial charge < -0.3 is 5.11 Å². The highest BCUT2D eigenvalue weighted by Gasteiger charge is 2.18. The molecule has 1 fully saturated rings. The van der Waals surface area contributed by atoms with Crippen LogP contribution in [0.3, 0.4) is 0 Å². The molecular formula is C12H18N2O5S. The summed E-state index contributed by atoms with van der Waals surface area (Å²) in [7, 11) is -4.02. The van der Waals surface area contributed by atoms with Crippen molar-refractivity contribution in [2.75, 3.05) is 6.54 Å². The van der Waals surface area contributed by atoms with Crippen molar-refractivity contribution >= 4 is 16.1 Å². The number of aryl methyl sites for hydroxylation is 1. The van der Waals surface area contributed by atoms with E-state index in [1.807, 2.05) is 6.92 Å². The Labute approximate surface area is 117 Å². The first-order valence-electron chi connectivity index (χ1n) is 6.06. The van der Waals surface area contributed by atoms with Gasteiger partial charge in [-0.1, -0.05) is 17.7 Å². The van der Waals surface area contributed by atoms with E-state index < -0.39 is 22.1 Å². The first-order valence-corrected chi connectivity index (χ1v) is 7.50. The van der Waals surface area contributed by atoms with Crippen LogP contribution in [0.2, 0.25) is 0 Å².